The number of alkyl halides is 2. The zero-order valence-corrected chi connectivity index (χ0v) is 12.7. The number of rotatable bonds is 2. The predicted octanol–water partition coefficient (Wildman–Crippen LogP) is 3.34. The molecular weight excluding hydrogens is 357 g/mol. The summed E-state index contributed by atoms with van der Waals surface area (Å²) >= 11 is 8.66. The quantitative estimate of drug-likeness (QED) is 0.755. The van der Waals surface area contributed by atoms with Crippen LogP contribution in [0.2, 0.25) is 0 Å². The lowest BCUT2D eigenvalue weighted by atomic mass is 10.1. The highest BCUT2D eigenvalue weighted by Crippen LogP contribution is 2.36. The average Bonchev–Trinajstić information content (AvgIpc) is 2.54. The fourth-order valence-electron chi connectivity index (χ4n) is 1.71. The van der Waals surface area contributed by atoms with Crippen molar-refractivity contribution in [1.82, 2.24) is 4.98 Å². The summed E-state index contributed by atoms with van der Waals surface area (Å²) in [6.45, 7) is 2.09. The van der Waals surface area contributed by atoms with Gasteiger partial charge in [0.15, 0.2) is 0 Å². The minimum Gasteiger partial charge on any atom is -0.268 e. The molecule has 0 fully saturated rings. The van der Waals surface area contributed by atoms with Crippen LogP contribution in [0.4, 0.5) is 14.6 Å². The van der Waals surface area contributed by atoms with Gasteiger partial charge in [-0.25, -0.2) is 18.7 Å². The Bertz CT molecular complexity index is 631. The Morgan fingerprint density at radius 1 is 1.35 bits per heavy atom. The van der Waals surface area contributed by atoms with Gasteiger partial charge < -0.3 is 0 Å². The molecule has 1 aliphatic rings. The number of imide groups is 1. The highest BCUT2D eigenvalue weighted by Gasteiger charge is 2.38. The Balaban J connectivity index is 2.52. The van der Waals surface area contributed by atoms with E-state index in [0.29, 0.717) is 11.8 Å². The first kappa shape index (κ1) is 15.1. The van der Waals surface area contributed by atoms with Crippen LogP contribution in [0.1, 0.15) is 19.4 Å². The van der Waals surface area contributed by atoms with Crippen LogP contribution in [0.15, 0.2) is 27.3 Å². The predicted molar refractivity (Wildman–Crippen MR) is 72.6 cm³/mol. The lowest BCUT2D eigenvalue weighted by molar-refractivity contribution is -0.120. The molecule has 1 aromatic heterocycles. The van der Waals surface area contributed by atoms with Gasteiger partial charge in [0.25, 0.3) is 17.7 Å². The summed E-state index contributed by atoms with van der Waals surface area (Å²) in [5.41, 5.74) is -0.310. The number of hydrogen-bond donors (Lipinski definition) is 0. The normalized spacial score (nSPS) is 16.4. The Kier molecular flexibility index (Phi) is 3.68. The molecular formula is C12H8BrClF2N2O2. The fraction of sp³-hybridized carbons (Fsp3) is 0.250. The van der Waals surface area contributed by atoms with E-state index in [9.17, 15) is 18.4 Å². The van der Waals surface area contributed by atoms with Crippen molar-refractivity contribution in [3.05, 3.63) is 32.9 Å². The first-order valence-corrected chi connectivity index (χ1v) is 6.60. The van der Waals surface area contributed by atoms with Gasteiger partial charge in [-0.15, -0.1) is 0 Å². The zero-order chi connectivity index (χ0) is 15.2. The molecule has 4 nitrogen and oxygen atoms in total. The average molecular weight is 366 g/mol. The number of aromatic nitrogens is 1. The molecule has 8 heteroatoms. The van der Waals surface area contributed by atoms with E-state index in [1.54, 1.807) is 0 Å². The maximum Gasteiger partial charge on any atom is 0.278 e. The highest BCUT2D eigenvalue weighted by molar-refractivity contribution is 9.10. The largest absolute Gasteiger partial charge is 0.278 e. The lowest BCUT2D eigenvalue weighted by Crippen LogP contribution is -2.32. The summed E-state index contributed by atoms with van der Waals surface area (Å²) in [5, 5.41) is -0.232. The Morgan fingerprint density at radius 2 is 1.95 bits per heavy atom. The van der Waals surface area contributed by atoms with Gasteiger partial charge in [-0.3, -0.25) is 9.59 Å². The molecule has 0 spiro atoms. The second kappa shape index (κ2) is 4.89. The second-order valence-corrected chi connectivity index (χ2v) is 5.53. The SMILES string of the molecule is CC1=C(Cl)C(=O)N(c2cc(C(C)(F)F)c(Br)cn2)C1=O. The number of amides is 2. The van der Waals surface area contributed by atoms with Gasteiger partial charge in [-0.1, -0.05) is 11.6 Å². The first-order chi connectivity index (χ1) is 9.14. The molecule has 2 heterocycles. The van der Waals surface area contributed by atoms with E-state index in [0.717, 1.165) is 12.3 Å². The molecule has 0 saturated carbocycles. The van der Waals surface area contributed by atoms with Gasteiger partial charge >= 0.3 is 0 Å². The van der Waals surface area contributed by atoms with Crippen molar-refractivity contribution in [2.24, 2.45) is 0 Å². The molecule has 0 bridgehead atoms. The van der Waals surface area contributed by atoms with Crippen molar-refractivity contribution in [3.63, 3.8) is 0 Å². The summed E-state index contributed by atoms with van der Waals surface area (Å²) in [4.78, 5) is 28.2. The Hall–Kier alpha value is -1.34. The van der Waals surface area contributed by atoms with Crippen LogP contribution in [0.5, 0.6) is 0 Å². The molecule has 1 aliphatic heterocycles. The van der Waals surface area contributed by atoms with Crippen molar-refractivity contribution in [3.8, 4) is 0 Å². The fourth-order valence-corrected chi connectivity index (χ4v) is 2.44. The van der Waals surface area contributed by atoms with Gasteiger partial charge in [-0.05, 0) is 28.9 Å². The lowest BCUT2D eigenvalue weighted by Gasteiger charge is -2.17. The van der Waals surface area contributed by atoms with Gasteiger partial charge in [-0.2, -0.15) is 0 Å². The van der Waals surface area contributed by atoms with Crippen molar-refractivity contribution in [2.45, 2.75) is 19.8 Å². The zero-order valence-electron chi connectivity index (χ0n) is 10.4. The van der Waals surface area contributed by atoms with Crippen LogP contribution >= 0.6 is 27.5 Å². The summed E-state index contributed by atoms with van der Waals surface area (Å²) in [5.74, 6) is -4.77. The second-order valence-electron chi connectivity index (χ2n) is 4.30. The molecule has 1 aromatic rings. The van der Waals surface area contributed by atoms with E-state index in [-0.39, 0.29) is 26.5 Å². The number of carbonyl (C=O) groups is 2. The number of pyridine rings is 1. The molecule has 0 atom stereocenters. The van der Waals surface area contributed by atoms with Crippen LogP contribution in [-0.2, 0) is 15.5 Å². The van der Waals surface area contributed by atoms with Gasteiger partial charge in [0, 0.05) is 28.7 Å². The number of halogens is 4. The minimum absolute atomic E-state index is 0.0613. The number of carbonyl (C=O) groups excluding carboxylic acids is 2. The summed E-state index contributed by atoms with van der Waals surface area (Å²) < 4.78 is 27.0. The van der Waals surface area contributed by atoms with E-state index in [1.165, 1.54) is 6.92 Å². The van der Waals surface area contributed by atoms with E-state index in [2.05, 4.69) is 20.9 Å². The standard InChI is InChI=1S/C12H8BrClF2N2O2/c1-5-9(14)11(20)18(10(5)19)8-3-6(12(2,15)16)7(13)4-17-8/h3-4H,1-2H3. The van der Waals surface area contributed by atoms with Crippen LogP contribution in [0, 0.1) is 0 Å². The Labute approximate surface area is 126 Å². The smallest absolute Gasteiger partial charge is 0.268 e. The molecule has 0 unspecified atom stereocenters. The molecule has 0 aromatic carbocycles. The third-order valence-corrected chi connectivity index (χ3v) is 3.86. The van der Waals surface area contributed by atoms with Crippen molar-refractivity contribution < 1.29 is 18.4 Å². The van der Waals surface area contributed by atoms with E-state index in [1.807, 2.05) is 0 Å². The molecule has 20 heavy (non-hydrogen) atoms. The van der Waals surface area contributed by atoms with Gasteiger partial charge in [0.05, 0.1) is 0 Å². The maximum atomic E-state index is 13.4. The molecule has 0 N–H and O–H groups in total. The summed E-state index contributed by atoms with van der Waals surface area (Å²) in [6, 6.07) is 0.989. The Morgan fingerprint density at radius 3 is 2.40 bits per heavy atom. The van der Waals surface area contributed by atoms with Gasteiger partial charge in [0.2, 0.25) is 0 Å². The third-order valence-electron chi connectivity index (χ3n) is 2.79. The van der Waals surface area contributed by atoms with Crippen LogP contribution in [-0.4, -0.2) is 16.8 Å². The minimum atomic E-state index is -3.14. The first-order valence-electron chi connectivity index (χ1n) is 5.43. The molecule has 0 saturated heterocycles. The van der Waals surface area contributed by atoms with Crippen molar-refractivity contribution >= 4 is 45.2 Å². The topological polar surface area (TPSA) is 50.3 Å². The summed E-state index contributed by atoms with van der Waals surface area (Å²) in [6.07, 6.45) is 1.12. The van der Waals surface area contributed by atoms with Crippen molar-refractivity contribution in [1.29, 1.82) is 0 Å². The van der Waals surface area contributed by atoms with E-state index in [4.69, 9.17) is 11.6 Å². The molecule has 2 amide bonds. The number of anilines is 1. The van der Waals surface area contributed by atoms with Crippen LogP contribution in [0.25, 0.3) is 0 Å². The van der Waals surface area contributed by atoms with Crippen molar-refractivity contribution in [2.75, 3.05) is 4.90 Å². The molecule has 106 valence electrons. The van der Waals surface area contributed by atoms with Gasteiger partial charge in [0.1, 0.15) is 10.9 Å². The van der Waals surface area contributed by atoms with Crippen LogP contribution in [0.3, 0.4) is 0 Å². The molecule has 0 aliphatic carbocycles. The number of nitrogens with zero attached hydrogens (tertiary/aromatic N) is 2. The maximum absolute atomic E-state index is 13.4. The van der Waals surface area contributed by atoms with E-state index >= 15 is 0 Å². The molecule has 0 radical (unpaired) electrons. The number of hydrogen-bond acceptors (Lipinski definition) is 3. The van der Waals surface area contributed by atoms with Crippen LogP contribution < -0.4 is 4.90 Å². The van der Waals surface area contributed by atoms with E-state index < -0.39 is 17.7 Å². The monoisotopic (exact) mass is 364 g/mol. The summed E-state index contributed by atoms with van der Waals surface area (Å²) in [7, 11) is 0. The highest BCUT2D eigenvalue weighted by atomic mass is 79.9. The molecule has 2 rings (SSSR count). The third kappa shape index (κ3) is 2.35.